The Bertz CT molecular complexity index is 768. The molecule has 0 saturated carbocycles. The lowest BCUT2D eigenvalue weighted by atomic mass is 10.1. The van der Waals surface area contributed by atoms with Gasteiger partial charge in [-0.3, -0.25) is 4.90 Å². The van der Waals surface area contributed by atoms with Gasteiger partial charge in [0.2, 0.25) is 0 Å². The van der Waals surface area contributed by atoms with Gasteiger partial charge in [0.15, 0.2) is 9.84 Å². The molecule has 0 radical (unpaired) electrons. The van der Waals surface area contributed by atoms with Gasteiger partial charge >= 0.3 is 0 Å². The topological polar surface area (TPSA) is 50.5 Å². The number of benzene rings is 1. The molecule has 0 aliphatic carbocycles. The first-order chi connectivity index (χ1) is 10.4. The van der Waals surface area contributed by atoms with Crippen molar-refractivity contribution in [3.8, 4) is 11.3 Å². The molecule has 118 valence electrons. The molecule has 3 rings (SSSR count). The van der Waals surface area contributed by atoms with Crippen molar-refractivity contribution in [3.05, 3.63) is 47.5 Å². The van der Waals surface area contributed by atoms with Gasteiger partial charge in [0.25, 0.3) is 0 Å². The van der Waals surface area contributed by atoms with Crippen LogP contribution in [0.1, 0.15) is 11.3 Å². The van der Waals surface area contributed by atoms with Crippen LogP contribution in [0.3, 0.4) is 0 Å². The molecule has 6 heteroatoms. The summed E-state index contributed by atoms with van der Waals surface area (Å²) in [6.45, 7) is 3.51. The van der Waals surface area contributed by atoms with Crippen molar-refractivity contribution < 1.29 is 17.2 Å². The van der Waals surface area contributed by atoms with Crippen LogP contribution >= 0.6 is 0 Å². The molecule has 0 amide bonds. The summed E-state index contributed by atoms with van der Waals surface area (Å²) in [6, 6.07) is 8.37. The zero-order chi connectivity index (χ0) is 15.7. The van der Waals surface area contributed by atoms with Gasteiger partial charge in [-0.1, -0.05) is 0 Å². The van der Waals surface area contributed by atoms with Crippen LogP contribution < -0.4 is 0 Å². The minimum atomic E-state index is -2.86. The average Bonchev–Trinajstić information content (AvgIpc) is 2.89. The van der Waals surface area contributed by atoms with Crippen molar-refractivity contribution in [2.45, 2.75) is 13.5 Å². The first kappa shape index (κ1) is 15.2. The molecule has 1 aliphatic rings. The molecular weight excluding hydrogens is 305 g/mol. The number of hydrogen-bond acceptors (Lipinski definition) is 4. The highest BCUT2D eigenvalue weighted by atomic mass is 32.2. The Labute approximate surface area is 129 Å². The highest BCUT2D eigenvalue weighted by molar-refractivity contribution is 7.91. The largest absolute Gasteiger partial charge is 0.460 e. The van der Waals surface area contributed by atoms with Crippen molar-refractivity contribution in [3.63, 3.8) is 0 Å². The monoisotopic (exact) mass is 323 g/mol. The quantitative estimate of drug-likeness (QED) is 0.871. The third-order valence-corrected chi connectivity index (χ3v) is 5.54. The zero-order valence-electron chi connectivity index (χ0n) is 12.4. The fourth-order valence-corrected chi connectivity index (χ4v) is 3.92. The van der Waals surface area contributed by atoms with Crippen molar-refractivity contribution in [2.75, 3.05) is 24.6 Å². The van der Waals surface area contributed by atoms with Crippen LogP contribution in [0, 0.1) is 12.7 Å². The SMILES string of the molecule is Cc1cc(F)ccc1-c1ccc(CN2CCS(=O)(=O)CC2)o1. The van der Waals surface area contributed by atoms with E-state index in [1.807, 2.05) is 19.1 Å². The van der Waals surface area contributed by atoms with Crippen LogP contribution in [-0.2, 0) is 16.4 Å². The van der Waals surface area contributed by atoms with Gasteiger partial charge in [-0.15, -0.1) is 0 Å². The van der Waals surface area contributed by atoms with Gasteiger partial charge in [-0.05, 0) is 42.8 Å². The van der Waals surface area contributed by atoms with E-state index in [0.29, 0.717) is 25.4 Å². The van der Waals surface area contributed by atoms with Crippen LogP contribution in [0.4, 0.5) is 4.39 Å². The van der Waals surface area contributed by atoms with Gasteiger partial charge in [0.1, 0.15) is 17.3 Å². The molecule has 0 bridgehead atoms. The number of halogens is 1. The minimum absolute atomic E-state index is 0.206. The maximum atomic E-state index is 13.2. The smallest absolute Gasteiger partial charge is 0.152 e. The molecule has 4 nitrogen and oxygen atoms in total. The molecule has 22 heavy (non-hydrogen) atoms. The molecule has 1 aliphatic heterocycles. The molecule has 2 aromatic rings. The van der Waals surface area contributed by atoms with Gasteiger partial charge in [0.05, 0.1) is 18.1 Å². The number of aryl methyl sites for hydroxylation is 1. The van der Waals surface area contributed by atoms with Gasteiger partial charge in [0, 0.05) is 18.7 Å². The summed E-state index contributed by atoms with van der Waals surface area (Å²) < 4.78 is 41.8. The molecular formula is C16H18FNO3S. The predicted octanol–water partition coefficient (Wildman–Crippen LogP) is 2.62. The molecule has 1 fully saturated rings. The first-order valence-corrected chi connectivity index (χ1v) is 9.03. The number of sulfone groups is 1. The Morgan fingerprint density at radius 2 is 1.91 bits per heavy atom. The number of rotatable bonds is 3. The fourth-order valence-electron chi connectivity index (χ4n) is 2.64. The third kappa shape index (κ3) is 3.39. The number of hydrogen-bond donors (Lipinski definition) is 0. The Morgan fingerprint density at radius 1 is 1.18 bits per heavy atom. The second-order valence-corrected chi connectivity index (χ2v) is 7.96. The van der Waals surface area contributed by atoms with Crippen molar-refractivity contribution >= 4 is 9.84 Å². The van der Waals surface area contributed by atoms with Crippen LogP contribution in [0.2, 0.25) is 0 Å². The Hall–Kier alpha value is -1.66. The van der Waals surface area contributed by atoms with E-state index in [4.69, 9.17) is 4.42 Å². The lowest BCUT2D eigenvalue weighted by Gasteiger charge is -2.25. The second-order valence-electron chi connectivity index (χ2n) is 5.65. The van der Waals surface area contributed by atoms with E-state index in [0.717, 1.165) is 16.9 Å². The first-order valence-electron chi connectivity index (χ1n) is 7.21. The van der Waals surface area contributed by atoms with Crippen LogP contribution in [-0.4, -0.2) is 37.9 Å². The Balaban J connectivity index is 1.72. The summed E-state index contributed by atoms with van der Waals surface area (Å²) in [5.74, 6) is 1.65. The maximum absolute atomic E-state index is 13.2. The summed E-state index contributed by atoms with van der Waals surface area (Å²) in [4.78, 5) is 2.07. The second kappa shape index (κ2) is 5.85. The fraction of sp³-hybridized carbons (Fsp3) is 0.375. The minimum Gasteiger partial charge on any atom is -0.460 e. The number of nitrogens with zero attached hydrogens (tertiary/aromatic N) is 1. The number of furan rings is 1. The normalized spacial score (nSPS) is 18.5. The standard InChI is InChI=1S/C16H18FNO3S/c1-12-10-13(17)2-4-15(12)16-5-3-14(21-16)11-18-6-8-22(19,20)9-7-18/h2-5,10H,6-9,11H2,1H3. The molecule has 1 saturated heterocycles. The van der Waals surface area contributed by atoms with Crippen molar-refractivity contribution in [2.24, 2.45) is 0 Å². The zero-order valence-corrected chi connectivity index (χ0v) is 13.2. The van der Waals surface area contributed by atoms with Gasteiger partial charge in [-0.25, -0.2) is 12.8 Å². The van der Waals surface area contributed by atoms with Crippen LogP contribution in [0.15, 0.2) is 34.7 Å². The summed E-state index contributed by atoms with van der Waals surface area (Å²) in [7, 11) is -2.86. The highest BCUT2D eigenvalue weighted by Crippen LogP contribution is 2.26. The van der Waals surface area contributed by atoms with E-state index in [-0.39, 0.29) is 17.3 Å². The molecule has 0 unspecified atom stereocenters. The molecule has 2 heterocycles. The summed E-state index contributed by atoms with van der Waals surface area (Å²) >= 11 is 0. The van der Waals surface area contributed by atoms with E-state index < -0.39 is 9.84 Å². The van der Waals surface area contributed by atoms with E-state index in [1.54, 1.807) is 6.07 Å². The van der Waals surface area contributed by atoms with Gasteiger partial charge < -0.3 is 4.42 Å². The average molecular weight is 323 g/mol. The molecule has 0 spiro atoms. The van der Waals surface area contributed by atoms with E-state index in [1.165, 1.54) is 12.1 Å². The lowest BCUT2D eigenvalue weighted by molar-refractivity contribution is 0.263. The molecule has 1 aromatic carbocycles. The summed E-state index contributed by atoms with van der Waals surface area (Å²) in [6.07, 6.45) is 0. The lowest BCUT2D eigenvalue weighted by Crippen LogP contribution is -2.39. The summed E-state index contributed by atoms with van der Waals surface area (Å²) in [5, 5.41) is 0. The predicted molar refractivity (Wildman–Crippen MR) is 82.8 cm³/mol. The van der Waals surface area contributed by atoms with E-state index >= 15 is 0 Å². The van der Waals surface area contributed by atoms with Crippen molar-refractivity contribution in [1.29, 1.82) is 0 Å². The third-order valence-electron chi connectivity index (χ3n) is 3.93. The Morgan fingerprint density at radius 3 is 2.59 bits per heavy atom. The van der Waals surface area contributed by atoms with E-state index in [9.17, 15) is 12.8 Å². The molecule has 0 atom stereocenters. The Kier molecular flexibility index (Phi) is 4.06. The maximum Gasteiger partial charge on any atom is 0.152 e. The van der Waals surface area contributed by atoms with E-state index in [2.05, 4.69) is 4.90 Å². The highest BCUT2D eigenvalue weighted by Gasteiger charge is 2.22. The van der Waals surface area contributed by atoms with Crippen LogP contribution in [0.25, 0.3) is 11.3 Å². The van der Waals surface area contributed by atoms with Gasteiger partial charge in [-0.2, -0.15) is 0 Å². The summed E-state index contributed by atoms with van der Waals surface area (Å²) in [5.41, 5.74) is 1.69. The van der Waals surface area contributed by atoms with Crippen LogP contribution in [0.5, 0.6) is 0 Å². The van der Waals surface area contributed by atoms with Crippen molar-refractivity contribution in [1.82, 2.24) is 4.90 Å². The molecule has 1 aromatic heterocycles. The molecule has 0 N–H and O–H groups in total.